The molecule has 0 aliphatic rings. The molecule has 0 aliphatic carbocycles. The first-order valence-electron chi connectivity index (χ1n) is 7.31. The van der Waals surface area contributed by atoms with Crippen molar-refractivity contribution in [1.29, 1.82) is 0 Å². The van der Waals surface area contributed by atoms with Crippen LogP contribution in [0.1, 0.15) is 13.8 Å². The predicted octanol–water partition coefficient (Wildman–Crippen LogP) is 3.20. The highest BCUT2D eigenvalue weighted by Crippen LogP contribution is 2.32. The summed E-state index contributed by atoms with van der Waals surface area (Å²) in [5.41, 5.74) is 0. The van der Waals surface area contributed by atoms with Gasteiger partial charge >= 0.3 is 0 Å². The Morgan fingerprint density at radius 3 is 1.15 bits per heavy atom. The first-order chi connectivity index (χ1) is 9.80. The van der Waals surface area contributed by atoms with E-state index in [0.717, 1.165) is 13.1 Å². The average Bonchev–Trinajstić information content (AvgIpc) is 2.51. The van der Waals surface area contributed by atoms with Gasteiger partial charge in [-0.1, -0.05) is 0 Å². The van der Waals surface area contributed by atoms with Crippen molar-refractivity contribution in [2.45, 2.75) is 26.9 Å². The molecule has 0 fully saturated rings. The average molecular weight is 262 g/mol. The molecule has 0 spiro atoms. The monoisotopic (exact) mass is 262 g/mol. The highest BCUT2D eigenvalue weighted by atomic mass is 14.9. The van der Waals surface area contributed by atoms with E-state index in [1.165, 1.54) is 32.3 Å². The lowest BCUT2D eigenvalue weighted by Crippen LogP contribution is -2.32. The molecule has 0 saturated heterocycles. The number of aromatic nitrogens is 2. The van der Waals surface area contributed by atoms with Gasteiger partial charge in [-0.25, -0.2) is 9.13 Å². The number of rotatable bonds is 2. The predicted molar refractivity (Wildman–Crippen MR) is 81.9 cm³/mol. The number of nitrogens with zero attached hydrogens (tertiary/aromatic N) is 2. The summed E-state index contributed by atoms with van der Waals surface area (Å²) in [5, 5.41) is 8.11. The highest BCUT2D eigenvalue weighted by Gasteiger charge is 2.15. The second-order valence-corrected chi connectivity index (χ2v) is 5.42. The van der Waals surface area contributed by atoms with E-state index in [-0.39, 0.29) is 0 Å². The summed E-state index contributed by atoms with van der Waals surface area (Å²) in [5.74, 6) is 0. The van der Waals surface area contributed by atoms with Crippen LogP contribution in [-0.4, -0.2) is 0 Å². The Balaban J connectivity index is 2.24. The summed E-state index contributed by atoms with van der Waals surface area (Å²) < 4.78 is 4.52. The van der Waals surface area contributed by atoms with Crippen LogP contribution in [0.15, 0.2) is 49.1 Å². The van der Waals surface area contributed by atoms with Crippen molar-refractivity contribution in [3.8, 4) is 0 Å². The van der Waals surface area contributed by atoms with Gasteiger partial charge in [0.25, 0.3) is 0 Å². The molecule has 0 bridgehead atoms. The SMILES string of the molecule is CC[n+]1cc2ccc3c[n+](CC)cc4ccc(c1)c2c34. The molecule has 0 aliphatic heterocycles. The molecule has 0 radical (unpaired) electrons. The summed E-state index contributed by atoms with van der Waals surface area (Å²) in [6, 6.07) is 8.99. The molecule has 20 heavy (non-hydrogen) atoms. The van der Waals surface area contributed by atoms with Crippen molar-refractivity contribution in [2.75, 3.05) is 0 Å². The van der Waals surface area contributed by atoms with Crippen LogP contribution < -0.4 is 9.13 Å². The number of hydrogen-bond acceptors (Lipinski definition) is 0. The van der Waals surface area contributed by atoms with Crippen LogP contribution in [0.5, 0.6) is 0 Å². The minimum atomic E-state index is 1.01. The van der Waals surface area contributed by atoms with Gasteiger partial charge in [0.1, 0.15) is 13.1 Å². The van der Waals surface area contributed by atoms with Gasteiger partial charge in [0, 0.05) is 32.3 Å². The van der Waals surface area contributed by atoms with Gasteiger partial charge in [0.15, 0.2) is 24.8 Å². The van der Waals surface area contributed by atoms with E-state index in [1.807, 2.05) is 0 Å². The summed E-state index contributed by atoms with van der Waals surface area (Å²) in [6.45, 7) is 6.38. The second-order valence-electron chi connectivity index (χ2n) is 5.42. The van der Waals surface area contributed by atoms with Gasteiger partial charge < -0.3 is 0 Å². The summed E-state index contributed by atoms with van der Waals surface area (Å²) in [4.78, 5) is 0. The lowest BCUT2D eigenvalue weighted by Gasteiger charge is -2.08. The molecule has 98 valence electrons. The van der Waals surface area contributed by atoms with Crippen LogP contribution in [0.3, 0.4) is 0 Å². The zero-order valence-electron chi connectivity index (χ0n) is 11.9. The van der Waals surface area contributed by atoms with Crippen LogP contribution in [-0.2, 0) is 13.1 Å². The lowest BCUT2D eigenvalue weighted by molar-refractivity contribution is -0.691. The molecule has 2 aromatic heterocycles. The minimum absolute atomic E-state index is 1.01. The van der Waals surface area contributed by atoms with Gasteiger partial charge in [-0.05, 0) is 38.1 Å². The Hall–Kier alpha value is -2.22. The quantitative estimate of drug-likeness (QED) is 0.387. The first-order valence-corrected chi connectivity index (χ1v) is 7.31. The standard InChI is InChI=1S/C18H18N2/c1-3-19-9-13-5-7-15-11-20(4-2)12-16-8-6-14(10-19)17(13)18(15)16/h5-12H,3-4H2,1-2H3/q+2. The van der Waals surface area contributed by atoms with Gasteiger partial charge in [-0.2, -0.15) is 0 Å². The van der Waals surface area contributed by atoms with E-state index in [9.17, 15) is 0 Å². The molecule has 2 aromatic carbocycles. The molecule has 4 rings (SSSR count). The second kappa shape index (κ2) is 4.14. The van der Waals surface area contributed by atoms with Crippen LogP contribution in [0, 0.1) is 0 Å². The van der Waals surface area contributed by atoms with Crippen molar-refractivity contribution in [3.63, 3.8) is 0 Å². The molecule has 2 nitrogen and oxygen atoms in total. The molecule has 0 unspecified atom stereocenters. The Bertz CT molecular complexity index is 781. The van der Waals surface area contributed by atoms with Crippen LogP contribution >= 0.6 is 0 Å². The Kier molecular flexibility index (Phi) is 2.40. The summed E-state index contributed by atoms with van der Waals surface area (Å²) >= 11 is 0. The molecule has 0 saturated carbocycles. The highest BCUT2D eigenvalue weighted by molar-refractivity contribution is 6.21. The van der Waals surface area contributed by atoms with Crippen molar-refractivity contribution in [1.82, 2.24) is 0 Å². The van der Waals surface area contributed by atoms with Gasteiger partial charge in [0.2, 0.25) is 0 Å². The van der Waals surface area contributed by atoms with Crippen molar-refractivity contribution in [2.24, 2.45) is 0 Å². The normalized spacial score (nSPS) is 11.9. The molecule has 0 amide bonds. The third-order valence-electron chi connectivity index (χ3n) is 4.24. The minimum Gasteiger partial charge on any atom is -0.204 e. The number of pyridine rings is 2. The van der Waals surface area contributed by atoms with E-state index in [0.29, 0.717) is 0 Å². The third kappa shape index (κ3) is 1.51. The number of benzene rings is 2. The third-order valence-corrected chi connectivity index (χ3v) is 4.24. The van der Waals surface area contributed by atoms with E-state index in [1.54, 1.807) is 0 Å². The van der Waals surface area contributed by atoms with Crippen LogP contribution in [0.4, 0.5) is 0 Å². The van der Waals surface area contributed by atoms with Crippen molar-refractivity contribution < 1.29 is 9.13 Å². The fraction of sp³-hybridized carbons (Fsp3) is 0.222. The fourth-order valence-corrected chi connectivity index (χ4v) is 3.19. The van der Waals surface area contributed by atoms with Crippen LogP contribution in [0.2, 0.25) is 0 Å². The topological polar surface area (TPSA) is 7.76 Å². The summed E-state index contributed by atoms with van der Waals surface area (Å²) in [6.07, 6.45) is 9.01. The van der Waals surface area contributed by atoms with Crippen molar-refractivity contribution >= 4 is 32.3 Å². The molecule has 2 heteroatoms. The lowest BCUT2D eigenvalue weighted by atomic mass is 9.97. The molecular weight excluding hydrogens is 244 g/mol. The van der Waals surface area contributed by atoms with Gasteiger partial charge in [-0.15, -0.1) is 0 Å². The Morgan fingerprint density at radius 1 is 0.600 bits per heavy atom. The number of aryl methyl sites for hydroxylation is 2. The Morgan fingerprint density at radius 2 is 0.900 bits per heavy atom. The molecule has 2 heterocycles. The maximum atomic E-state index is 2.26. The maximum absolute atomic E-state index is 2.26. The van der Waals surface area contributed by atoms with E-state index >= 15 is 0 Å². The van der Waals surface area contributed by atoms with Gasteiger partial charge in [-0.3, -0.25) is 0 Å². The summed E-state index contributed by atoms with van der Waals surface area (Å²) in [7, 11) is 0. The van der Waals surface area contributed by atoms with Crippen molar-refractivity contribution in [3.05, 3.63) is 49.1 Å². The molecule has 0 atom stereocenters. The molecule has 0 N–H and O–H groups in total. The zero-order chi connectivity index (χ0) is 13.7. The fourth-order valence-electron chi connectivity index (χ4n) is 3.19. The van der Waals surface area contributed by atoms with Crippen LogP contribution in [0.25, 0.3) is 32.3 Å². The smallest absolute Gasteiger partial charge is 0.176 e. The van der Waals surface area contributed by atoms with E-state index in [4.69, 9.17) is 0 Å². The maximum Gasteiger partial charge on any atom is 0.176 e. The van der Waals surface area contributed by atoms with E-state index in [2.05, 4.69) is 72.0 Å². The van der Waals surface area contributed by atoms with Gasteiger partial charge in [0.05, 0.1) is 0 Å². The molecular formula is C18H18N2+2. The first kappa shape index (κ1) is 11.6. The largest absolute Gasteiger partial charge is 0.204 e. The molecule has 4 aromatic rings. The number of hydrogen-bond donors (Lipinski definition) is 0. The zero-order valence-corrected chi connectivity index (χ0v) is 11.9. The van der Waals surface area contributed by atoms with E-state index < -0.39 is 0 Å². The Labute approximate surface area is 118 Å².